The van der Waals surface area contributed by atoms with Crippen LogP contribution in [0.2, 0.25) is 0 Å². The van der Waals surface area contributed by atoms with Gasteiger partial charge in [0.25, 0.3) is 0 Å². The van der Waals surface area contributed by atoms with E-state index < -0.39 is 12.1 Å². The number of alkyl halides is 3. The van der Waals surface area contributed by atoms with Crippen molar-refractivity contribution in [3.63, 3.8) is 0 Å². The number of nitrogens with zero attached hydrogens (tertiary/aromatic N) is 1. The second-order valence-electron chi connectivity index (χ2n) is 6.56. The summed E-state index contributed by atoms with van der Waals surface area (Å²) >= 11 is 0. The van der Waals surface area contributed by atoms with Crippen molar-refractivity contribution in [2.75, 3.05) is 18.4 Å². The van der Waals surface area contributed by atoms with Crippen LogP contribution in [0.4, 0.5) is 23.7 Å². The molecule has 0 spiro atoms. The summed E-state index contributed by atoms with van der Waals surface area (Å²) in [6, 6.07) is 7.25. The SMILES string of the molecule is O=C1NCCN1Cc1ccccc1N[C@H]1CCC[C@H](C(F)(F)F)C1. The lowest BCUT2D eigenvalue weighted by Gasteiger charge is -2.32. The lowest BCUT2D eigenvalue weighted by Crippen LogP contribution is -2.35. The third kappa shape index (κ3) is 3.94. The Morgan fingerprint density at radius 1 is 1.25 bits per heavy atom. The monoisotopic (exact) mass is 341 g/mol. The van der Waals surface area contributed by atoms with E-state index in [0.29, 0.717) is 26.1 Å². The van der Waals surface area contributed by atoms with E-state index in [4.69, 9.17) is 0 Å². The van der Waals surface area contributed by atoms with Crippen molar-refractivity contribution in [2.24, 2.45) is 5.92 Å². The van der Waals surface area contributed by atoms with E-state index in [1.165, 1.54) is 0 Å². The van der Waals surface area contributed by atoms with Crippen LogP contribution in [-0.4, -0.2) is 36.2 Å². The molecule has 0 radical (unpaired) electrons. The molecular weight excluding hydrogens is 319 g/mol. The second kappa shape index (κ2) is 6.91. The third-order valence-electron chi connectivity index (χ3n) is 4.82. The van der Waals surface area contributed by atoms with Gasteiger partial charge in [-0.25, -0.2) is 4.79 Å². The van der Waals surface area contributed by atoms with Gasteiger partial charge in [-0.05, 0) is 30.9 Å². The Morgan fingerprint density at radius 2 is 2.04 bits per heavy atom. The van der Waals surface area contributed by atoms with Crippen LogP contribution in [0, 0.1) is 5.92 Å². The number of anilines is 1. The average Bonchev–Trinajstić information content (AvgIpc) is 2.94. The highest BCUT2D eigenvalue weighted by Gasteiger charge is 2.42. The van der Waals surface area contributed by atoms with Gasteiger partial charge in [0.05, 0.1) is 5.92 Å². The van der Waals surface area contributed by atoms with E-state index in [1.807, 2.05) is 24.3 Å². The molecule has 0 bridgehead atoms. The maximum absolute atomic E-state index is 13.0. The Labute approximate surface area is 139 Å². The largest absolute Gasteiger partial charge is 0.391 e. The molecule has 24 heavy (non-hydrogen) atoms. The fourth-order valence-corrected chi connectivity index (χ4v) is 3.50. The number of hydrogen-bond acceptors (Lipinski definition) is 2. The van der Waals surface area contributed by atoms with Gasteiger partial charge in [-0.15, -0.1) is 0 Å². The molecule has 0 aromatic heterocycles. The minimum absolute atomic E-state index is 0.0976. The first-order valence-electron chi connectivity index (χ1n) is 8.37. The van der Waals surface area contributed by atoms with Crippen LogP contribution in [0.1, 0.15) is 31.2 Å². The molecule has 2 atom stereocenters. The van der Waals surface area contributed by atoms with Crippen molar-refractivity contribution in [3.05, 3.63) is 29.8 Å². The maximum Gasteiger partial charge on any atom is 0.391 e. The number of hydrogen-bond donors (Lipinski definition) is 2. The number of benzene rings is 1. The van der Waals surface area contributed by atoms with Crippen LogP contribution < -0.4 is 10.6 Å². The molecule has 2 N–H and O–H groups in total. The van der Waals surface area contributed by atoms with Gasteiger partial charge in [-0.3, -0.25) is 0 Å². The van der Waals surface area contributed by atoms with E-state index in [1.54, 1.807) is 4.90 Å². The molecule has 132 valence electrons. The number of carbonyl (C=O) groups excluding carboxylic acids is 1. The molecule has 1 saturated carbocycles. The van der Waals surface area contributed by atoms with E-state index in [0.717, 1.165) is 17.7 Å². The van der Waals surface area contributed by atoms with Crippen molar-refractivity contribution >= 4 is 11.7 Å². The highest BCUT2D eigenvalue weighted by Crippen LogP contribution is 2.38. The van der Waals surface area contributed by atoms with E-state index in [2.05, 4.69) is 10.6 Å². The quantitative estimate of drug-likeness (QED) is 0.876. The highest BCUT2D eigenvalue weighted by molar-refractivity contribution is 5.76. The zero-order valence-electron chi connectivity index (χ0n) is 13.4. The van der Waals surface area contributed by atoms with Crippen LogP contribution in [0.3, 0.4) is 0 Å². The first kappa shape index (κ1) is 16.9. The number of amides is 2. The number of rotatable bonds is 4. The molecule has 1 aliphatic carbocycles. The lowest BCUT2D eigenvalue weighted by atomic mass is 9.85. The van der Waals surface area contributed by atoms with Crippen LogP contribution in [-0.2, 0) is 6.54 Å². The number of para-hydroxylation sites is 1. The van der Waals surface area contributed by atoms with Crippen molar-refractivity contribution < 1.29 is 18.0 Å². The molecular formula is C17H22F3N3O. The molecule has 1 aromatic carbocycles. The van der Waals surface area contributed by atoms with Gasteiger partial charge < -0.3 is 15.5 Å². The number of carbonyl (C=O) groups is 1. The smallest absolute Gasteiger partial charge is 0.382 e. The van der Waals surface area contributed by atoms with E-state index >= 15 is 0 Å². The van der Waals surface area contributed by atoms with Crippen LogP contribution in [0.25, 0.3) is 0 Å². The summed E-state index contributed by atoms with van der Waals surface area (Å²) < 4.78 is 38.9. The molecule has 0 unspecified atom stereocenters. The Morgan fingerprint density at radius 3 is 2.75 bits per heavy atom. The summed E-state index contributed by atoms with van der Waals surface area (Å²) in [7, 11) is 0. The van der Waals surface area contributed by atoms with Gasteiger partial charge in [0.15, 0.2) is 0 Å². The van der Waals surface area contributed by atoms with Crippen molar-refractivity contribution in [1.82, 2.24) is 10.2 Å². The van der Waals surface area contributed by atoms with Crippen molar-refractivity contribution in [1.29, 1.82) is 0 Å². The Hall–Kier alpha value is -1.92. The molecule has 1 aromatic rings. The summed E-state index contributed by atoms with van der Waals surface area (Å²) in [6.45, 7) is 1.74. The first-order valence-corrected chi connectivity index (χ1v) is 8.37. The number of halogens is 3. The predicted octanol–water partition coefficient (Wildman–Crippen LogP) is 3.74. The summed E-state index contributed by atoms with van der Waals surface area (Å²) in [6.07, 6.45) is -2.46. The van der Waals surface area contributed by atoms with Crippen molar-refractivity contribution in [2.45, 2.75) is 44.4 Å². The number of urea groups is 1. The minimum Gasteiger partial charge on any atom is -0.382 e. The summed E-state index contributed by atoms with van der Waals surface area (Å²) in [5.41, 5.74) is 1.76. The topological polar surface area (TPSA) is 44.4 Å². The Balaban J connectivity index is 1.67. The average molecular weight is 341 g/mol. The maximum atomic E-state index is 13.0. The summed E-state index contributed by atoms with van der Waals surface area (Å²) in [4.78, 5) is 13.4. The molecule has 2 amide bonds. The molecule has 2 fully saturated rings. The molecule has 3 rings (SSSR count). The van der Waals surface area contributed by atoms with Crippen LogP contribution in [0.15, 0.2) is 24.3 Å². The predicted molar refractivity (Wildman–Crippen MR) is 85.7 cm³/mol. The lowest BCUT2D eigenvalue weighted by molar-refractivity contribution is -0.182. The Kier molecular flexibility index (Phi) is 4.87. The molecule has 2 aliphatic rings. The molecule has 1 heterocycles. The zero-order chi connectivity index (χ0) is 17.2. The van der Waals surface area contributed by atoms with Gasteiger partial charge >= 0.3 is 12.2 Å². The van der Waals surface area contributed by atoms with Crippen LogP contribution >= 0.6 is 0 Å². The molecule has 7 heteroatoms. The fourth-order valence-electron chi connectivity index (χ4n) is 3.50. The van der Waals surface area contributed by atoms with E-state index in [-0.39, 0.29) is 24.9 Å². The molecule has 1 aliphatic heterocycles. The van der Waals surface area contributed by atoms with Gasteiger partial charge in [-0.2, -0.15) is 13.2 Å². The van der Waals surface area contributed by atoms with Crippen molar-refractivity contribution in [3.8, 4) is 0 Å². The third-order valence-corrected chi connectivity index (χ3v) is 4.82. The van der Waals surface area contributed by atoms with Gasteiger partial charge in [0.1, 0.15) is 0 Å². The highest BCUT2D eigenvalue weighted by atomic mass is 19.4. The standard InChI is InChI=1S/C17H22F3N3O/c18-17(19,20)13-5-3-6-14(10-13)22-15-7-2-1-4-12(15)11-23-9-8-21-16(23)24/h1-2,4,7,13-14,22H,3,5-6,8-11H2,(H,21,24)/t13-,14-/m0/s1. The zero-order valence-corrected chi connectivity index (χ0v) is 13.4. The first-order chi connectivity index (χ1) is 11.4. The fraction of sp³-hybridized carbons (Fsp3) is 0.588. The normalized spacial score (nSPS) is 24.8. The summed E-state index contributed by atoms with van der Waals surface area (Å²) in [5, 5.41) is 6.04. The van der Waals surface area contributed by atoms with Gasteiger partial charge in [0.2, 0.25) is 0 Å². The minimum atomic E-state index is -4.12. The second-order valence-corrected chi connectivity index (χ2v) is 6.56. The Bertz CT molecular complexity index is 591. The summed E-state index contributed by atoms with van der Waals surface area (Å²) in [5.74, 6) is -1.22. The number of nitrogens with one attached hydrogen (secondary N) is 2. The van der Waals surface area contributed by atoms with Gasteiger partial charge in [0, 0.05) is 31.4 Å². The van der Waals surface area contributed by atoms with Gasteiger partial charge in [-0.1, -0.05) is 24.6 Å². The molecule has 4 nitrogen and oxygen atoms in total. The molecule has 1 saturated heterocycles. The van der Waals surface area contributed by atoms with Crippen LogP contribution in [0.5, 0.6) is 0 Å². The van der Waals surface area contributed by atoms with E-state index in [9.17, 15) is 18.0 Å².